The molecule has 1 aromatic rings. The van der Waals surface area contributed by atoms with Crippen LogP contribution in [0.25, 0.3) is 0 Å². The van der Waals surface area contributed by atoms with Crippen molar-refractivity contribution in [2.45, 2.75) is 45.3 Å². The quantitative estimate of drug-likeness (QED) is 0.763. The van der Waals surface area contributed by atoms with Crippen LogP contribution in [0.2, 0.25) is 0 Å². The van der Waals surface area contributed by atoms with Gasteiger partial charge in [0.25, 0.3) is 0 Å². The van der Waals surface area contributed by atoms with Crippen LogP contribution >= 0.6 is 0 Å². The minimum absolute atomic E-state index is 0.218. The normalized spacial score (nSPS) is 16.2. The van der Waals surface area contributed by atoms with E-state index in [0.717, 1.165) is 24.3 Å². The second-order valence-electron chi connectivity index (χ2n) is 4.85. The van der Waals surface area contributed by atoms with Gasteiger partial charge in [0.15, 0.2) is 11.5 Å². The monoisotopic (exact) mass is 207 g/mol. The highest BCUT2D eigenvalue weighted by Gasteiger charge is 2.25. The number of pyridine rings is 1. The van der Waals surface area contributed by atoms with Crippen molar-refractivity contribution in [1.82, 2.24) is 4.98 Å². The molecule has 82 valence electrons. The maximum absolute atomic E-state index is 5.77. The third kappa shape index (κ3) is 3.11. The molecule has 0 unspecified atom stereocenters. The van der Waals surface area contributed by atoms with Crippen LogP contribution in [-0.2, 0) is 0 Å². The molecule has 0 radical (unpaired) electrons. The summed E-state index contributed by atoms with van der Waals surface area (Å²) < 4.78 is 11.5. The van der Waals surface area contributed by atoms with E-state index in [0.29, 0.717) is 6.10 Å². The van der Waals surface area contributed by atoms with E-state index in [1.807, 2.05) is 26.8 Å². The average molecular weight is 207 g/mol. The molecule has 0 saturated heterocycles. The highest BCUT2D eigenvalue weighted by Crippen LogP contribution is 2.34. The van der Waals surface area contributed by atoms with Gasteiger partial charge in [-0.15, -0.1) is 0 Å². The second-order valence-corrected chi connectivity index (χ2v) is 4.85. The average Bonchev–Trinajstić information content (AvgIpc) is 2.89. The van der Waals surface area contributed by atoms with Crippen molar-refractivity contribution in [2.75, 3.05) is 0 Å². The van der Waals surface area contributed by atoms with Gasteiger partial charge in [0.1, 0.15) is 5.60 Å². The molecule has 1 heterocycles. The Morgan fingerprint density at radius 1 is 1.27 bits per heavy atom. The molecule has 1 aliphatic rings. The fourth-order valence-corrected chi connectivity index (χ4v) is 1.24. The van der Waals surface area contributed by atoms with Crippen molar-refractivity contribution >= 4 is 0 Å². The first-order valence-corrected chi connectivity index (χ1v) is 5.34. The van der Waals surface area contributed by atoms with E-state index >= 15 is 0 Å². The summed E-state index contributed by atoms with van der Waals surface area (Å²) in [6, 6.07) is 1.86. The van der Waals surface area contributed by atoms with Crippen molar-refractivity contribution in [3.63, 3.8) is 0 Å². The van der Waals surface area contributed by atoms with Crippen LogP contribution in [0.4, 0.5) is 0 Å². The van der Waals surface area contributed by atoms with E-state index in [2.05, 4.69) is 4.98 Å². The van der Waals surface area contributed by atoms with Crippen molar-refractivity contribution in [3.05, 3.63) is 18.5 Å². The van der Waals surface area contributed by atoms with Crippen LogP contribution in [0.15, 0.2) is 18.5 Å². The maximum Gasteiger partial charge on any atom is 0.180 e. The largest absolute Gasteiger partial charge is 0.486 e. The Morgan fingerprint density at radius 2 is 2.00 bits per heavy atom. The highest BCUT2D eigenvalue weighted by atomic mass is 16.5. The third-order valence-corrected chi connectivity index (χ3v) is 1.98. The molecule has 0 spiro atoms. The molecule has 1 saturated carbocycles. The molecule has 0 aromatic carbocycles. The van der Waals surface area contributed by atoms with Gasteiger partial charge in [-0.2, -0.15) is 0 Å². The van der Waals surface area contributed by atoms with Gasteiger partial charge in [-0.05, 0) is 33.6 Å². The first-order chi connectivity index (χ1) is 7.04. The fraction of sp³-hybridized carbons (Fsp3) is 0.583. The van der Waals surface area contributed by atoms with E-state index < -0.39 is 0 Å². The summed E-state index contributed by atoms with van der Waals surface area (Å²) in [6.07, 6.45) is 6.12. The number of hydrogen-bond donors (Lipinski definition) is 0. The number of hydrogen-bond acceptors (Lipinski definition) is 3. The predicted octanol–water partition coefficient (Wildman–Crippen LogP) is 2.80. The summed E-state index contributed by atoms with van der Waals surface area (Å²) in [5.74, 6) is 1.54. The minimum atomic E-state index is -0.218. The van der Waals surface area contributed by atoms with Crippen LogP contribution in [0.5, 0.6) is 11.5 Å². The lowest BCUT2D eigenvalue weighted by Gasteiger charge is -2.22. The van der Waals surface area contributed by atoms with Gasteiger partial charge >= 0.3 is 0 Å². The van der Waals surface area contributed by atoms with E-state index in [1.54, 1.807) is 12.4 Å². The summed E-state index contributed by atoms with van der Waals surface area (Å²) in [5.41, 5.74) is -0.218. The number of rotatable bonds is 3. The Bertz CT molecular complexity index is 340. The molecular weight excluding hydrogens is 190 g/mol. The Morgan fingerprint density at radius 3 is 2.60 bits per heavy atom. The third-order valence-electron chi connectivity index (χ3n) is 1.98. The van der Waals surface area contributed by atoms with Gasteiger partial charge in [-0.25, -0.2) is 0 Å². The van der Waals surface area contributed by atoms with Crippen LogP contribution in [0.3, 0.4) is 0 Å². The van der Waals surface area contributed by atoms with Crippen LogP contribution < -0.4 is 9.47 Å². The zero-order valence-electron chi connectivity index (χ0n) is 9.49. The Labute approximate surface area is 90.4 Å². The molecule has 0 bridgehead atoms. The topological polar surface area (TPSA) is 31.4 Å². The highest BCUT2D eigenvalue weighted by molar-refractivity contribution is 5.37. The predicted molar refractivity (Wildman–Crippen MR) is 58.3 cm³/mol. The molecule has 1 fully saturated rings. The summed E-state index contributed by atoms with van der Waals surface area (Å²) in [5, 5.41) is 0. The van der Waals surface area contributed by atoms with Crippen LogP contribution in [0, 0.1) is 0 Å². The van der Waals surface area contributed by atoms with E-state index in [-0.39, 0.29) is 5.60 Å². The Kier molecular flexibility index (Phi) is 2.55. The second kappa shape index (κ2) is 3.72. The first-order valence-electron chi connectivity index (χ1n) is 5.34. The summed E-state index contributed by atoms with van der Waals surface area (Å²) >= 11 is 0. The fourth-order valence-electron chi connectivity index (χ4n) is 1.24. The maximum atomic E-state index is 5.77. The molecule has 1 aromatic heterocycles. The van der Waals surface area contributed by atoms with Crippen molar-refractivity contribution in [1.29, 1.82) is 0 Å². The number of ether oxygens (including phenoxy) is 2. The van der Waals surface area contributed by atoms with Gasteiger partial charge in [0.05, 0.1) is 12.3 Å². The smallest absolute Gasteiger partial charge is 0.180 e. The van der Waals surface area contributed by atoms with E-state index in [1.165, 1.54) is 0 Å². The lowest BCUT2D eigenvalue weighted by molar-refractivity contribution is 0.122. The van der Waals surface area contributed by atoms with Gasteiger partial charge in [-0.1, -0.05) is 0 Å². The van der Waals surface area contributed by atoms with Crippen molar-refractivity contribution in [3.8, 4) is 11.5 Å². The number of aromatic nitrogens is 1. The van der Waals surface area contributed by atoms with Gasteiger partial charge in [-0.3, -0.25) is 4.98 Å². The summed E-state index contributed by atoms with van der Waals surface area (Å²) in [4.78, 5) is 4.05. The SMILES string of the molecule is CC(C)(C)Oc1cnccc1OC1CC1. The standard InChI is InChI=1S/C12H17NO2/c1-12(2,3)15-11-8-13-7-6-10(11)14-9-4-5-9/h6-9H,4-5H2,1-3H3. The van der Waals surface area contributed by atoms with Crippen LogP contribution in [-0.4, -0.2) is 16.7 Å². The van der Waals surface area contributed by atoms with Crippen LogP contribution in [0.1, 0.15) is 33.6 Å². The Balaban J connectivity index is 2.13. The zero-order valence-corrected chi connectivity index (χ0v) is 9.49. The molecule has 0 atom stereocenters. The molecule has 3 nitrogen and oxygen atoms in total. The Hall–Kier alpha value is -1.25. The van der Waals surface area contributed by atoms with E-state index in [9.17, 15) is 0 Å². The van der Waals surface area contributed by atoms with Crippen molar-refractivity contribution < 1.29 is 9.47 Å². The van der Waals surface area contributed by atoms with Gasteiger partial charge in [0.2, 0.25) is 0 Å². The first kappa shape index (κ1) is 10.3. The zero-order chi connectivity index (χ0) is 10.9. The molecule has 3 heteroatoms. The molecule has 15 heavy (non-hydrogen) atoms. The number of nitrogens with zero attached hydrogens (tertiary/aromatic N) is 1. The summed E-state index contributed by atoms with van der Waals surface area (Å²) in [6.45, 7) is 6.04. The minimum Gasteiger partial charge on any atom is -0.486 e. The molecule has 1 aliphatic carbocycles. The lowest BCUT2D eigenvalue weighted by atomic mass is 10.2. The molecule has 0 aliphatic heterocycles. The van der Waals surface area contributed by atoms with Gasteiger partial charge in [0, 0.05) is 12.3 Å². The molecule has 2 rings (SSSR count). The van der Waals surface area contributed by atoms with Gasteiger partial charge < -0.3 is 9.47 Å². The van der Waals surface area contributed by atoms with E-state index in [4.69, 9.17) is 9.47 Å². The molecular formula is C12H17NO2. The molecule has 0 N–H and O–H groups in total. The molecule has 0 amide bonds. The summed E-state index contributed by atoms with van der Waals surface area (Å²) in [7, 11) is 0. The lowest BCUT2D eigenvalue weighted by Crippen LogP contribution is -2.23. The van der Waals surface area contributed by atoms with Crippen molar-refractivity contribution in [2.24, 2.45) is 0 Å².